The number of carbonyl (C=O) groups is 1. The Morgan fingerprint density at radius 2 is 1.64 bits per heavy atom. The van der Waals surface area contributed by atoms with Crippen molar-refractivity contribution in [2.75, 3.05) is 5.32 Å². The second-order valence-electron chi connectivity index (χ2n) is 4.72. The molecular formula is C16H20ClN3O2. The van der Waals surface area contributed by atoms with Gasteiger partial charge in [-0.25, -0.2) is 10.2 Å². The lowest BCUT2D eigenvalue weighted by atomic mass is 10.1. The van der Waals surface area contributed by atoms with Gasteiger partial charge >= 0.3 is 6.03 Å². The van der Waals surface area contributed by atoms with Crippen molar-refractivity contribution in [3.8, 4) is 0 Å². The third-order valence-corrected chi connectivity index (χ3v) is 3.04. The summed E-state index contributed by atoms with van der Waals surface area (Å²) in [6, 6.07) is 15.2. The van der Waals surface area contributed by atoms with Crippen LogP contribution in [0.4, 0.5) is 10.5 Å². The molecule has 0 atom stereocenters. The minimum absolute atomic E-state index is 0. The van der Waals surface area contributed by atoms with E-state index in [1.165, 1.54) is 0 Å². The van der Waals surface area contributed by atoms with Gasteiger partial charge in [0, 0.05) is 5.69 Å². The summed E-state index contributed by atoms with van der Waals surface area (Å²) >= 11 is 0. The third-order valence-electron chi connectivity index (χ3n) is 3.04. The molecule has 0 aromatic heterocycles. The highest BCUT2D eigenvalue weighted by Gasteiger charge is 2.06. The topological polar surface area (TPSA) is 62.4 Å². The van der Waals surface area contributed by atoms with Crippen LogP contribution in [-0.4, -0.2) is 6.03 Å². The van der Waals surface area contributed by atoms with Crippen molar-refractivity contribution >= 4 is 24.1 Å². The van der Waals surface area contributed by atoms with Crippen LogP contribution in [0.15, 0.2) is 48.5 Å². The Morgan fingerprint density at radius 1 is 1.00 bits per heavy atom. The Balaban J connectivity index is 0.00000242. The van der Waals surface area contributed by atoms with Gasteiger partial charge in [0.1, 0.15) is 0 Å². The molecule has 0 fully saturated rings. The van der Waals surface area contributed by atoms with Crippen molar-refractivity contribution in [1.29, 1.82) is 0 Å². The number of halogens is 1. The maximum absolute atomic E-state index is 11.8. The first kappa shape index (κ1) is 18.0. The van der Waals surface area contributed by atoms with E-state index in [2.05, 4.69) is 16.3 Å². The molecular weight excluding hydrogens is 302 g/mol. The minimum atomic E-state index is -0.375. The molecule has 2 aromatic rings. The van der Waals surface area contributed by atoms with Crippen LogP contribution in [0, 0.1) is 13.8 Å². The predicted octanol–water partition coefficient (Wildman–Crippen LogP) is 3.48. The molecule has 3 N–H and O–H groups in total. The van der Waals surface area contributed by atoms with Gasteiger partial charge in [-0.2, -0.15) is 0 Å². The molecule has 6 heteroatoms. The van der Waals surface area contributed by atoms with Crippen molar-refractivity contribution in [3.05, 3.63) is 65.2 Å². The van der Waals surface area contributed by atoms with Gasteiger partial charge in [-0.1, -0.05) is 48.5 Å². The quantitative estimate of drug-likeness (QED) is 0.583. The number of carbonyl (C=O) groups excluding carboxylic acids is 1. The maximum Gasteiger partial charge on any atom is 0.335 e. The van der Waals surface area contributed by atoms with E-state index in [9.17, 15) is 4.79 Å². The number of hydrazine groups is 1. The van der Waals surface area contributed by atoms with Crippen LogP contribution in [0.2, 0.25) is 0 Å². The number of rotatable bonds is 5. The number of amides is 2. The molecule has 2 amide bonds. The highest BCUT2D eigenvalue weighted by molar-refractivity contribution is 5.90. The molecule has 5 nitrogen and oxygen atoms in total. The summed E-state index contributed by atoms with van der Waals surface area (Å²) in [5, 5.41) is 2.78. The van der Waals surface area contributed by atoms with Crippen LogP contribution in [0.5, 0.6) is 0 Å². The van der Waals surface area contributed by atoms with Crippen molar-refractivity contribution in [2.45, 2.75) is 20.5 Å². The first-order valence-corrected chi connectivity index (χ1v) is 6.71. The Kier molecular flexibility index (Phi) is 7.39. The van der Waals surface area contributed by atoms with Gasteiger partial charge in [-0.05, 0) is 30.5 Å². The van der Waals surface area contributed by atoms with Crippen molar-refractivity contribution < 1.29 is 9.63 Å². The smallest absolute Gasteiger partial charge is 0.306 e. The summed E-state index contributed by atoms with van der Waals surface area (Å²) < 4.78 is 0. The highest BCUT2D eigenvalue weighted by Crippen LogP contribution is 2.18. The van der Waals surface area contributed by atoms with Crippen LogP contribution in [0.1, 0.15) is 16.7 Å². The molecule has 0 aliphatic carbocycles. The zero-order valence-corrected chi connectivity index (χ0v) is 13.4. The molecule has 0 heterocycles. The zero-order chi connectivity index (χ0) is 15.1. The molecule has 0 saturated carbocycles. The fourth-order valence-electron chi connectivity index (χ4n) is 1.93. The van der Waals surface area contributed by atoms with Crippen LogP contribution < -0.4 is 16.3 Å². The summed E-state index contributed by atoms with van der Waals surface area (Å²) in [6.45, 7) is 4.26. The molecule has 0 bridgehead atoms. The predicted molar refractivity (Wildman–Crippen MR) is 89.7 cm³/mol. The van der Waals surface area contributed by atoms with Gasteiger partial charge in [-0.3, -0.25) is 4.84 Å². The molecule has 0 aliphatic heterocycles. The lowest BCUT2D eigenvalue weighted by Gasteiger charge is -2.12. The second kappa shape index (κ2) is 9.04. The van der Waals surface area contributed by atoms with Gasteiger partial charge in [0.2, 0.25) is 0 Å². The number of nitrogens with one attached hydrogen (secondary N) is 3. The van der Waals surface area contributed by atoms with Crippen molar-refractivity contribution in [1.82, 2.24) is 11.0 Å². The van der Waals surface area contributed by atoms with E-state index in [0.29, 0.717) is 6.61 Å². The maximum atomic E-state index is 11.8. The molecule has 0 unspecified atom stereocenters. The number of hydrogen-bond donors (Lipinski definition) is 3. The Bertz CT molecular complexity index is 585. The van der Waals surface area contributed by atoms with E-state index >= 15 is 0 Å². The molecule has 0 radical (unpaired) electrons. The monoisotopic (exact) mass is 321 g/mol. The van der Waals surface area contributed by atoms with Gasteiger partial charge in [0.15, 0.2) is 0 Å². The largest absolute Gasteiger partial charge is 0.335 e. The summed E-state index contributed by atoms with van der Waals surface area (Å²) in [4.78, 5) is 16.9. The summed E-state index contributed by atoms with van der Waals surface area (Å²) in [5.74, 6) is 0. The number of urea groups is 1. The van der Waals surface area contributed by atoms with Crippen LogP contribution in [0.25, 0.3) is 0 Å². The molecule has 0 saturated heterocycles. The van der Waals surface area contributed by atoms with E-state index in [1.54, 1.807) is 0 Å². The van der Waals surface area contributed by atoms with Crippen LogP contribution in [-0.2, 0) is 11.4 Å². The molecule has 22 heavy (non-hydrogen) atoms. The zero-order valence-electron chi connectivity index (χ0n) is 12.6. The average molecular weight is 322 g/mol. The summed E-state index contributed by atoms with van der Waals surface area (Å²) in [5.41, 5.74) is 8.70. The third kappa shape index (κ3) is 5.37. The van der Waals surface area contributed by atoms with Gasteiger partial charge in [-0.15, -0.1) is 18.0 Å². The normalized spacial score (nSPS) is 9.73. The second-order valence-corrected chi connectivity index (χ2v) is 4.72. The minimum Gasteiger partial charge on any atom is -0.306 e. The number of para-hydroxylation sites is 1. The molecule has 0 spiro atoms. The fraction of sp³-hybridized carbons (Fsp3) is 0.188. The first-order valence-electron chi connectivity index (χ1n) is 6.71. The van der Waals surface area contributed by atoms with E-state index in [1.807, 2.05) is 62.4 Å². The van der Waals surface area contributed by atoms with E-state index < -0.39 is 0 Å². The SMILES string of the molecule is Cc1cccc(C)c1NC(=O)NNOCc1ccccc1.Cl. The molecule has 2 aromatic carbocycles. The average Bonchev–Trinajstić information content (AvgIpc) is 2.49. The highest BCUT2D eigenvalue weighted by atomic mass is 35.5. The van der Waals surface area contributed by atoms with Crippen LogP contribution >= 0.6 is 12.4 Å². The number of anilines is 1. The molecule has 2 rings (SSSR count). The standard InChI is InChI=1S/C16H19N3O2.ClH/c1-12-7-6-8-13(2)15(12)17-16(20)18-19-21-11-14-9-4-3-5-10-14;/h3-10,19H,11H2,1-2H3,(H2,17,18,20);1H. The van der Waals surface area contributed by atoms with Gasteiger partial charge in [0.05, 0.1) is 6.61 Å². The van der Waals surface area contributed by atoms with Gasteiger partial charge in [0.25, 0.3) is 0 Å². The number of aryl methyl sites for hydroxylation is 2. The lowest BCUT2D eigenvalue weighted by molar-refractivity contribution is 0.00803. The summed E-state index contributed by atoms with van der Waals surface area (Å²) in [7, 11) is 0. The Labute approximate surface area is 136 Å². The molecule has 0 aliphatic rings. The van der Waals surface area contributed by atoms with E-state index in [-0.39, 0.29) is 18.4 Å². The summed E-state index contributed by atoms with van der Waals surface area (Å²) in [6.07, 6.45) is 0. The van der Waals surface area contributed by atoms with E-state index in [4.69, 9.17) is 4.84 Å². The Hall–Kier alpha value is -2.08. The molecule has 118 valence electrons. The van der Waals surface area contributed by atoms with Crippen LogP contribution in [0.3, 0.4) is 0 Å². The van der Waals surface area contributed by atoms with Gasteiger partial charge < -0.3 is 5.32 Å². The first-order chi connectivity index (χ1) is 10.2. The van der Waals surface area contributed by atoms with Crippen molar-refractivity contribution in [3.63, 3.8) is 0 Å². The Morgan fingerprint density at radius 3 is 2.27 bits per heavy atom. The fourth-order valence-corrected chi connectivity index (χ4v) is 1.93. The number of hydrogen-bond acceptors (Lipinski definition) is 3. The number of benzene rings is 2. The van der Waals surface area contributed by atoms with Crippen molar-refractivity contribution in [2.24, 2.45) is 0 Å². The lowest BCUT2D eigenvalue weighted by Crippen LogP contribution is -2.40. The van der Waals surface area contributed by atoms with E-state index in [0.717, 1.165) is 22.4 Å².